The van der Waals surface area contributed by atoms with Gasteiger partial charge in [0.25, 0.3) is 11.2 Å². The second kappa shape index (κ2) is 12.7. The summed E-state index contributed by atoms with van der Waals surface area (Å²) in [6, 6.07) is 7.27. The number of methoxy groups -OCH3 is 1. The molecule has 0 amide bonds. The van der Waals surface area contributed by atoms with E-state index in [0.717, 1.165) is 23.5 Å². The van der Waals surface area contributed by atoms with Crippen LogP contribution >= 0.6 is 11.3 Å². The van der Waals surface area contributed by atoms with E-state index in [1.54, 1.807) is 39.0 Å². The molecule has 1 aromatic heterocycles. The molecule has 2 heterocycles. The molecule has 1 aliphatic rings. The maximum absolute atomic E-state index is 13.8. The number of aromatic nitrogens is 1. The average Bonchev–Trinajstić information content (AvgIpc) is 3.26. The molecule has 1 N–H and O–H groups in total. The van der Waals surface area contributed by atoms with Gasteiger partial charge in [-0.2, -0.15) is 0 Å². The van der Waals surface area contributed by atoms with Crippen LogP contribution in [-0.2, 0) is 19.1 Å². The molecule has 0 bridgehead atoms. The number of allylic oxidation sites excluding steroid dienone is 1. The number of benzene rings is 2. The Morgan fingerprint density at radius 1 is 1.14 bits per heavy atom. The summed E-state index contributed by atoms with van der Waals surface area (Å²) < 4.78 is 22.7. The number of phenolic OH excluding ortho intramolecular Hbond substituents is 1. The first kappa shape index (κ1) is 30.0. The van der Waals surface area contributed by atoms with Crippen molar-refractivity contribution in [3.8, 4) is 17.2 Å². The molecule has 0 aliphatic carbocycles. The van der Waals surface area contributed by atoms with E-state index in [9.17, 15) is 29.6 Å². The standard InChI is InChI=1S/C28H27N3O10S/c1-5-39-21-12-16(7-10-20(21)41-14-23(33)38-4)25-24(27(35)40-6-2)15(3)29-28-30(25)26(34)22(42-28)13-17-11-18(31(36)37)8-9-19(17)32/h7-13,25,32H,5-6,14H2,1-4H3/b22-13+/t25-/m0/s1. The summed E-state index contributed by atoms with van der Waals surface area (Å²) in [5, 5.41) is 21.6. The Balaban J connectivity index is 1.92. The highest BCUT2D eigenvalue weighted by atomic mass is 32.1. The molecular weight excluding hydrogens is 570 g/mol. The highest BCUT2D eigenvalue weighted by molar-refractivity contribution is 7.07. The summed E-state index contributed by atoms with van der Waals surface area (Å²) in [5.74, 6) is -1.00. The Bertz CT molecular complexity index is 1770. The van der Waals surface area contributed by atoms with Gasteiger partial charge in [-0.3, -0.25) is 19.5 Å². The Labute approximate surface area is 242 Å². The van der Waals surface area contributed by atoms with E-state index in [2.05, 4.69) is 9.73 Å². The highest BCUT2D eigenvalue weighted by Gasteiger charge is 2.34. The zero-order valence-electron chi connectivity index (χ0n) is 23.1. The van der Waals surface area contributed by atoms with Crippen LogP contribution in [0.5, 0.6) is 17.2 Å². The number of carbonyl (C=O) groups excluding carboxylic acids is 2. The van der Waals surface area contributed by atoms with Gasteiger partial charge in [0.1, 0.15) is 5.75 Å². The van der Waals surface area contributed by atoms with E-state index in [-0.39, 0.29) is 63.2 Å². The lowest BCUT2D eigenvalue weighted by Crippen LogP contribution is -2.40. The van der Waals surface area contributed by atoms with Gasteiger partial charge in [0.05, 0.1) is 47.1 Å². The lowest BCUT2D eigenvalue weighted by molar-refractivity contribution is -0.384. The Hall–Kier alpha value is -4.98. The van der Waals surface area contributed by atoms with E-state index in [1.165, 1.54) is 23.8 Å². The van der Waals surface area contributed by atoms with Crippen molar-refractivity contribution in [2.75, 3.05) is 26.9 Å². The van der Waals surface area contributed by atoms with Gasteiger partial charge in [-0.25, -0.2) is 14.6 Å². The highest BCUT2D eigenvalue weighted by Crippen LogP contribution is 2.36. The second-order valence-electron chi connectivity index (χ2n) is 8.81. The molecule has 14 heteroatoms. The summed E-state index contributed by atoms with van der Waals surface area (Å²) >= 11 is 0.994. The number of non-ortho nitro benzene ring substituents is 1. The summed E-state index contributed by atoms with van der Waals surface area (Å²) in [4.78, 5) is 54.0. The first-order chi connectivity index (χ1) is 20.1. The molecule has 1 aliphatic heterocycles. The smallest absolute Gasteiger partial charge is 0.343 e. The van der Waals surface area contributed by atoms with Crippen LogP contribution in [0.15, 0.2) is 57.5 Å². The maximum atomic E-state index is 13.8. The van der Waals surface area contributed by atoms with Gasteiger partial charge in [0.2, 0.25) is 0 Å². The zero-order chi connectivity index (χ0) is 30.6. The molecule has 0 saturated heterocycles. The minimum absolute atomic E-state index is 0.0677. The van der Waals surface area contributed by atoms with Gasteiger partial charge in [0.15, 0.2) is 22.9 Å². The molecule has 0 radical (unpaired) electrons. The van der Waals surface area contributed by atoms with Crippen LogP contribution in [-0.4, -0.2) is 53.5 Å². The van der Waals surface area contributed by atoms with Gasteiger partial charge in [-0.05, 0) is 50.6 Å². The fourth-order valence-corrected chi connectivity index (χ4v) is 5.33. The minimum atomic E-state index is -0.991. The normalized spacial score (nSPS) is 14.6. The predicted octanol–water partition coefficient (Wildman–Crippen LogP) is 2.36. The first-order valence-corrected chi connectivity index (χ1v) is 13.5. The Morgan fingerprint density at radius 2 is 1.90 bits per heavy atom. The molecule has 1 atom stereocenters. The van der Waals surface area contributed by atoms with Crippen molar-refractivity contribution >= 4 is 35.0 Å². The number of fused-ring (bicyclic) bond motifs is 1. The molecule has 0 fully saturated rings. The van der Waals surface area contributed by atoms with Crippen molar-refractivity contribution in [3.05, 3.63) is 88.6 Å². The van der Waals surface area contributed by atoms with Crippen molar-refractivity contribution in [1.29, 1.82) is 0 Å². The number of hydrogen-bond donors (Lipinski definition) is 1. The molecule has 0 saturated carbocycles. The number of phenols is 1. The third-order valence-corrected chi connectivity index (χ3v) is 7.17. The van der Waals surface area contributed by atoms with Crippen LogP contribution < -0.4 is 24.4 Å². The van der Waals surface area contributed by atoms with Gasteiger partial charge >= 0.3 is 11.9 Å². The van der Waals surface area contributed by atoms with Gasteiger partial charge in [0, 0.05) is 17.7 Å². The summed E-state index contributed by atoms with van der Waals surface area (Å²) in [6.07, 6.45) is 1.34. The van der Waals surface area contributed by atoms with Gasteiger partial charge < -0.3 is 24.1 Å². The summed E-state index contributed by atoms with van der Waals surface area (Å²) in [5.41, 5.74) is 0.175. The SMILES string of the molecule is CCOC(=O)C1=C(C)N=c2s/c(=C/c3cc([N+](=O)[O-])ccc3O)c(=O)n2[C@H]1c1ccc(OCC(=O)OC)c(OCC)c1. The molecule has 42 heavy (non-hydrogen) atoms. The quantitative estimate of drug-likeness (QED) is 0.208. The molecule has 4 rings (SSSR count). The number of aromatic hydroxyl groups is 1. The van der Waals surface area contributed by atoms with Crippen molar-refractivity contribution in [2.45, 2.75) is 26.8 Å². The summed E-state index contributed by atoms with van der Waals surface area (Å²) in [7, 11) is 1.24. The van der Waals surface area contributed by atoms with Crippen LogP contribution in [0.25, 0.3) is 6.08 Å². The van der Waals surface area contributed by atoms with Crippen LogP contribution in [0.1, 0.15) is 37.9 Å². The molecule has 220 valence electrons. The average molecular weight is 598 g/mol. The number of esters is 2. The van der Waals surface area contributed by atoms with Crippen molar-refractivity contribution < 1.29 is 38.6 Å². The van der Waals surface area contributed by atoms with Crippen LogP contribution in [0.3, 0.4) is 0 Å². The van der Waals surface area contributed by atoms with E-state index in [4.69, 9.17) is 14.2 Å². The molecular formula is C28H27N3O10S. The van der Waals surface area contributed by atoms with Gasteiger partial charge in [-0.15, -0.1) is 0 Å². The number of rotatable bonds is 10. The molecule has 13 nitrogen and oxygen atoms in total. The predicted molar refractivity (Wildman–Crippen MR) is 150 cm³/mol. The van der Waals surface area contributed by atoms with E-state index < -0.39 is 28.5 Å². The van der Waals surface area contributed by atoms with E-state index in [0.29, 0.717) is 11.3 Å². The maximum Gasteiger partial charge on any atom is 0.343 e. The van der Waals surface area contributed by atoms with E-state index >= 15 is 0 Å². The number of thiazole rings is 1. The van der Waals surface area contributed by atoms with E-state index in [1.807, 2.05) is 0 Å². The van der Waals surface area contributed by atoms with Crippen molar-refractivity contribution in [2.24, 2.45) is 4.99 Å². The number of ether oxygens (including phenoxy) is 4. The fourth-order valence-electron chi connectivity index (χ4n) is 4.30. The van der Waals surface area contributed by atoms with Crippen LogP contribution in [0.4, 0.5) is 5.69 Å². The molecule has 3 aromatic rings. The molecule has 0 unspecified atom stereocenters. The summed E-state index contributed by atoms with van der Waals surface area (Å²) in [6.45, 7) is 5.03. The lowest BCUT2D eigenvalue weighted by Gasteiger charge is -2.25. The zero-order valence-corrected chi connectivity index (χ0v) is 23.9. The number of carbonyl (C=O) groups is 2. The topological polar surface area (TPSA) is 169 Å². The molecule has 2 aromatic carbocycles. The Kier molecular flexibility index (Phi) is 9.06. The fraction of sp³-hybridized carbons (Fsp3) is 0.286. The number of hydrogen-bond acceptors (Lipinski definition) is 12. The Morgan fingerprint density at radius 3 is 2.57 bits per heavy atom. The van der Waals surface area contributed by atoms with Crippen molar-refractivity contribution in [1.82, 2.24) is 4.57 Å². The van der Waals surface area contributed by atoms with Crippen LogP contribution in [0, 0.1) is 10.1 Å². The molecule has 0 spiro atoms. The van der Waals surface area contributed by atoms with Crippen molar-refractivity contribution in [3.63, 3.8) is 0 Å². The first-order valence-electron chi connectivity index (χ1n) is 12.7. The second-order valence-corrected chi connectivity index (χ2v) is 9.82. The lowest BCUT2D eigenvalue weighted by atomic mass is 9.95. The number of nitrogens with zero attached hydrogens (tertiary/aromatic N) is 3. The van der Waals surface area contributed by atoms with Gasteiger partial charge in [-0.1, -0.05) is 17.4 Å². The monoisotopic (exact) mass is 597 g/mol. The number of nitro groups is 1. The minimum Gasteiger partial charge on any atom is -0.507 e. The largest absolute Gasteiger partial charge is 0.507 e. The third-order valence-electron chi connectivity index (χ3n) is 6.18. The van der Waals surface area contributed by atoms with Crippen LogP contribution in [0.2, 0.25) is 0 Å². The number of nitro benzene ring substituents is 1. The third kappa shape index (κ3) is 6.02.